The van der Waals surface area contributed by atoms with Crippen molar-refractivity contribution in [1.82, 2.24) is 20.2 Å². The summed E-state index contributed by atoms with van der Waals surface area (Å²) in [6, 6.07) is 8.67. The number of anilines is 1. The minimum atomic E-state index is -0.988. The van der Waals surface area contributed by atoms with Crippen molar-refractivity contribution in [1.29, 1.82) is 0 Å². The molecule has 2 N–H and O–H groups in total. The second-order valence-electron chi connectivity index (χ2n) is 14.1. The first-order valence-electron chi connectivity index (χ1n) is 16.9. The quantitative estimate of drug-likeness (QED) is 0.287. The molecule has 48 heavy (non-hydrogen) atoms. The second-order valence-corrected chi connectivity index (χ2v) is 14.1. The van der Waals surface area contributed by atoms with E-state index in [1.54, 1.807) is 13.2 Å². The zero-order valence-electron chi connectivity index (χ0n) is 26.9. The molecule has 12 heteroatoms. The van der Waals surface area contributed by atoms with E-state index in [1.807, 2.05) is 25.1 Å². The van der Waals surface area contributed by atoms with Crippen LogP contribution >= 0.6 is 0 Å². The van der Waals surface area contributed by atoms with Gasteiger partial charge in [-0.1, -0.05) is 25.1 Å². The molecule has 0 aliphatic carbocycles. The van der Waals surface area contributed by atoms with Gasteiger partial charge in [0, 0.05) is 45.2 Å². The lowest BCUT2D eigenvalue weighted by molar-refractivity contribution is 0.0969. The van der Waals surface area contributed by atoms with Gasteiger partial charge in [-0.05, 0) is 59.7 Å². The fourth-order valence-electron chi connectivity index (χ4n) is 9.19. The third kappa shape index (κ3) is 4.48. The first-order chi connectivity index (χ1) is 23.3. The molecule has 5 aliphatic rings. The third-order valence-corrected chi connectivity index (χ3v) is 11.4. The number of aromatic nitrogens is 2. The van der Waals surface area contributed by atoms with E-state index in [0.29, 0.717) is 55.5 Å². The molecule has 3 unspecified atom stereocenters. The third-order valence-electron chi connectivity index (χ3n) is 11.4. The van der Waals surface area contributed by atoms with Crippen LogP contribution in [0.4, 0.5) is 19.0 Å². The predicted molar refractivity (Wildman–Crippen MR) is 175 cm³/mol. The Kier molecular flexibility index (Phi) is 6.97. The number of nitrogens with one attached hydrogen (secondary N) is 1. The predicted octanol–water partition coefficient (Wildman–Crippen LogP) is 5.28. The summed E-state index contributed by atoms with van der Waals surface area (Å²) >= 11 is 0. The summed E-state index contributed by atoms with van der Waals surface area (Å²) in [5, 5.41) is 15.9. The molecule has 1 aromatic heterocycles. The molecule has 4 aromatic rings. The van der Waals surface area contributed by atoms with Crippen LogP contribution in [-0.4, -0.2) is 95.9 Å². The number of piperazine rings is 1. The van der Waals surface area contributed by atoms with E-state index < -0.39 is 23.3 Å². The van der Waals surface area contributed by atoms with Gasteiger partial charge < -0.3 is 29.5 Å². The summed E-state index contributed by atoms with van der Waals surface area (Å²) in [4.78, 5) is 13.6. The van der Waals surface area contributed by atoms with Crippen molar-refractivity contribution in [3.05, 3.63) is 47.5 Å². The Morgan fingerprint density at radius 2 is 1.96 bits per heavy atom. The largest absolute Gasteiger partial charge is 0.508 e. The summed E-state index contributed by atoms with van der Waals surface area (Å²) in [7, 11) is 1.66. The maximum Gasteiger partial charge on any atom is 0.319 e. The Morgan fingerprint density at radius 1 is 1.08 bits per heavy atom. The van der Waals surface area contributed by atoms with E-state index >= 15 is 8.78 Å². The Hall–Kier alpha value is -3.87. The molecule has 9 rings (SSSR count). The van der Waals surface area contributed by atoms with Crippen molar-refractivity contribution in [2.75, 3.05) is 44.9 Å². The fourth-order valence-corrected chi connectivity index (χ4v) is 9.19. The van der Waals surface area contributed by atoms with Gasteiger partial charge in [0.25, 0.3) is 0 Å². The highest BCUT2D eigenvalue weighted by Gasteiger charge is 2.53. The van der Waals surface area contributed by atoms with Gasteiger partial charge in [0.2, 0.25) is 0 Å². The number of aromatic hydroxyl groups is 1. The van der Waals surface area contributed by atoms with E-state index in [-0.39, 0.29) is 77.0 Å². The minimum absolute atomic E-state index is 0.0480. The van der Waals surface area contributed by atoms with Crippen LogP contribution in [0.15, 0.2) is 30.3 Å². The van der Waals surface area contributed by atoms with E-state index in [4.69, 9.17) is 19.2 Å². The molecular formula is C36H38F3N5O4. The first kappa shape index (κ1) is 30.2. The van der Waals surface area contributed by atoms with Crippen LogP contribution in [-0.2, 0) is 11.2 Å². The van der Waals surface area contributed by atoms with Gasteiger partial charge in [0.05, 0.1) is 28.6 Å². The normalized spacial score (nSPS) is 29.3. The van der Waals surface area contributed by atoms with Gasteiger partial charge in [0.15, 0.2) is 17.4 Å². The molecule has 6 atom stereocenters. The van der Waals surface area contributed by atoms with Crippen molar-refractivity contribution in [3.63, 3.8) is 0 Å². The van der Waals surface area contributed by atoms with Gasteiger partial charge in [0.1, 0.15) is 36.5 Å². The molecule has 5 aliphatic heterocycles. The van der Waals surface area contributed by atoms with E-state index in [9.17, 15) is 9.50 Å². The lowest BCUT2D eigenvalue weighted by Gasteiger charge is -2.40. The molecule has 2 bridgehead atoms. The number of halogens is 3. The summed E-state index contributed by atoms with van der Waals surface area (Å²) in [6.07, 6.45) is 2.39. The van der Waals surface area contributed by atoms with E-state index in [2.05, 4.69) is 20.1 Å². The number of benzene rings is 3. The lowest BCUT2D eigenvalue weighted by Crippen LogP contribution is -2.60. The monoisotopic (exact) mass is 661 g/mol. The number of aryl methyl sites for hydroxylation is 1. The SMILES string of the molecule is CCc1cccc2cc(O)cc(-c3c(F)c4c5c(nc(OC[C@@]67C[C@@H](F)CN6C[C@@H](OC)C7)nc5c3F)N3CC5CCC(N5)C3CO4)c12. The van der Waals surface area contributed by atoms with Crippen LogP contribution in [0, 0.1) is 11.6 Å². The Balaban J connectivity index is 1.24. The van der Waals surface area contributed by atoms with Gasteiger partial charge in [-0.25, -0.2) is 13.2 Å². The molecule has 9 nitrogen and oxygen atoms in total. The number of fused-ring (bicyclic) bond motifs is 7. The van der Waals surface area contributed by atoms with Gasteiger partial charge >= 0.3 is 6.01 Å². The number of alkyl halides is 1. The van der Waals surface area contributed by atoms with Crippen molar-refractivity contribution in [3.8, 4) is 28.6 Å². The molecule has 0 amide bonds. The average molecular weight is 662 g/mol. The van der Waals surface area contributed by atoms with Crippen LogP contribution in [0.3, 0.4) is 0 Å². The Morgan fingerprint density at radius 3 is 2.79 bits per heavy atom. The van der Waals surface area contributed by atoms with Crippen molar-refractivity contribution in [2.45, 2.75) is 75.0 Å². The molecule has 4 fully saturated rings. The van der Waals surface area contributed by atoms with Gasteiger partial charge in [-0.2, -0.15) is 9.97 Å². The van der Waals surface area contributed by atoms with Crippen LogP contribution in [0.25, 0.3) is 32.8 Å². The number of phenolic OH excluding ortho intramolecular Hbond substituents is 1. The first-order valence-corrected chi connectivity index (χ1v) is 16.9. The maximum absolute atomic E-state index is 17.2. The summed E-state index contributed by atoms with van der Waals surface area (Å²) in [5.41, 5.74) is 0.0617. The zero-order valence-corrected chi connectivity index (χ0v) is 26.9. The number of phenols is 1. The topological polar surface area (TPSA) is 92.2 Å². The van der Waals surface area contributed by atoms with Crippen molar-refractivity contribution < 1.29 is 32.5 Å². The second kappa shape index (κ2) is 11.1. The highest BCUT2D eigenvalue weighted by molar-refractivity contribution is 6.05. The number of hydrogen-bond donors (Lipinski definition) is 2. The highest BCUT2D eigenvalue weighted by Crippen LogP contribution is 2.49. The van der Waals surface area contributed by atoms with Crippen molar-refractivity contribution >= 4 is 27.5 Å². The summed E-state index contributed by atoms with van der Waals surface area (Å²) in [6.45, 7) is 3.74. The molecule has 0 spiro atoms. The lowest BCUT2D eigenvalue weighted by atomic mass is 9.91. The number of nitrogens with zero attached hydrogens (tertiary/aromatic N) is 4. The van der Waals surface area contributed by atoms with Gasteiger partial charge in [-0.3, -0.25) is 4.90 Å². The van der Waals surface area contributed by atoms with Crippen LogP contribution in [0.2, 0.25) is 0 Å². The molecular weight excluding hydrogens is 623 g/mol. The van der Waals surface area contributed by atoms with E-state index in [1.165, 1.54) is 6.07 Å². The Labute approximate surface area is 276 Å². The number of ether oxygens (including phenoxy) is 3. The number of rotatable bonds is 6. The Bertz CT molecular complexity index is 1960. The van der Waals surface area contributed by atoms with Crippen LogP contribution in [0.5, 0.6) is 17.5 Å². The van der Waals surface area contributed by atoms with Crippen LogP contribution in [0.1, 0.15) is 38.2 Å². The number of hydrogen-bond acceptors (Lipinski definition) is 9. The molecule has 252 valence electrons. The summed E-state index contributed by atoms with van der Waals surface area (Å²) < 4.78 is 67.2. The van der Waals surface area contributed by atoms with Gasteiger partial charge in [-0.15, -0.1) is 0 Å². The number of methoxy groups -OCH3 is 1. The molecule has 3 aromatic carbocycles. The zero-order chi connectivity index (χ0) is 32.9. The fraction of sp³-hybridized carbons (Fsp3) is 0.500. The minimum Gasteiger partial charge on any atom is -0.508 e. The standard InChI is InChI=1S/C36H38F3N5O4/c1-3-18-5-4-6-19-9-22(45)10-24(27(18)19)28-30(38)32-29-33(31(28)39)47-16-26-25-8-7-21(40-25)14-44(26)34(29)42-35(41-32)48-17-36-11-20(37)13-43(36)15-23(12-36)46-2/h4-6,9-10,20-21,23,25-26,40,45H,3,7-8,11-17H2,1-2H3/t20-,21?,23+,25?,26?,36+/m1/s1. The molecule has 0 radical (unpaired) electrons. The summed E-state index contributed by atoms with van der Waals surface area (Å²) in [5.74, 6) is -1.60. The molecule has 0 saturated carbocycles. The van der Waals surface area contributed by atoms with Crippen LogP contribution < -0.4 is 19.7 Å². The highest BCUT2D eigenvalue weighted by atomic mass is 19.1. The smallest absolute Gasteiger partial charge is 0.319 e. The van der Waals surface area contributed by atoms with E-state index in [0.717, 1.165) is 18.4 Å². The maximum atomic E-state index is 17.2. The molecule has 6 heterocycles. The van der Waals surface area contributed by atoms with Crippen molar-refractivity contribution in [2.24, 2.45) is 0 Å². The molecule has 4 saturated heterocycles. The average Bonchev–Trinajstić information content (AvgIpc) is 3.68.